The van der Waals surface area contributed by atoms with E-state index in [9.17, 15) is 0 Å². The summed E-state index contributed by atoms with van der Waals surface area (Å²) in [5.41, 5.74) is 5.74. The Kier molecular flexibility index (Phi) is 1.83. The highest BCUT2D eigenvalue weighted by molar-refractivity contribution is 5.10. The largest absolute Gasteiger partial charge is 0.330 e. The molecule has 1 atom stereocenters. The molecule has 3 rings (SSSR count). The number of hydrogen-bond donors (Lipinski definition) is 1. The molecular weight excluding hydrogens is 176 g/mol. The highest BCUT2D eigenvalue weighted by Crippen LogP contribution is 2.39. The molecule has 1 aliphatic carbocycles. The molecule has 4 heteroatoms. The lowest BCUT2D eigenvalue weighted by molar-refractivity contribution is 0.419. The van der Waals surface area contributed by atoms with Crippen molar-refractivity contribution in [1.82, 2.24) is 14.8 Å². The Morgan fingerprint density at radius 2 is 2.21 bits per heavy atom. The van der Waals surface area contributed by atoms with Gasteiger partial charge in [0.05, 0.1) is 0 Å². The molecule has 2 aliphatic rings. The molecule has 2 heterocycles. The monoisotopic (exact) mass is 192 g/mol. The molecule has 1 saturated carbocycles. The molecule has 1 aliphatic heterocycles. The van der Waals surface area contributed by atoms with Gasteiger partial charge in [-0.3, -0.25) is 0 Å². The number of aryl methyl sites for hydroxylation is 1. The molecule has 0 saturated heterocycles. The number of nitrogens with two attached hydrogens (primary N) is 1. The molecule has 14 heavy (non-hydrogen) atoms. The topological polar surface area (TPSA) is 56.7 Å². The first-order valence-corrected chi connectivity index (χ1v) is 5.53. The second-order valence-corrected chi connectivity index (χ2v) is 4.40. The Bertz CT molecular complexity index is 340. The van der Waals surface area contributed by atoms with Crippen LogP contribution in [0.5, 0.6) is 0 Å². The zero-order chi connectivity index (χ0) is 9.54. The van der Waals surface area contributed by atoms with E-state index in [0.717, 1.165) is 18.2 Å². The van der Waals surface area contributed by atoms with Crippen LogP contribution in [-0.4, -0.2) is 21.3 Å². The van der Waals surface area contributed by atoms with Gasteiger partial charge < -0.3 is 5.73 Å². The van der Waals surface area contributed by atoms with Gasteiger partial charge in [-0.2, -0.15) is 5.10 Å². The SMILES string of the molecule is NCC1CCCn2nc(C3CC3)nc21. The summed E-state index contributed by atoms with van der Waals surface area (Å²) in [6.07, 6.45) is 4.93. The van der Waals surface area contributed by atoms with Gasteiger partial charge in [-0.05, 0) is 25.7 Å². The highest BCUT2D eigenvalue weighted by atomic mass is 15.4. The average molecular weight is 192 g/mol. The number of hydrogen-bond acceptors (Lipinski definition) is 3. The standard InChI is InChI=1S/C10H16N4/c11-6-8-2-1-5-14-10(8)12-9(13-14)7-3-4-7/h7-8H,1-6,11H2. The van der Waals surface area contributed by atoms with E-state index in [-0.39, 0.29) is 0 Å². The minimum atomic E-state index is 0.448. The molecule has 0 spiro atoms. The Morgan fingerprint density at radius 1 is 1.36 bits per heavy atom. The number of rotatable bonds is 2. The van der Waals surface area contributed by atoms with Gasteiger partial charge in [-0.15, -0.1) is 0 Å². The highest BCUT2D eigenvalue weighted by Gasteiger charge is 2.31. The second kappa shape index (κ2) is 3.05. The summed E-state index contributed by atoms with van der Waals surface area (Å²) in [5.74, 6) is 3.32. The summed E-state index contributed by atoms with van der Waals surface area (Å²) in [6, 6.07) is 0. The van der Waals surface area contributed by atoms with Crippen LogP contribution in [-0.2, 0) is 6.54 Å². The maximum absolute atomic E-state index is 5.74. The minimum Gasteiger partial charge on any atom is -0.330 e. The summed E-state index contributed by atoms with van der Waals surface area (Å²) in [4.78, 5) is 4.64. The van der Waals surface area contributed by atoms with E-state index in [1.54, 1.807) is 0 Å². The Morgan fingerprint density at radius 3 is 2.93 bits per heavy atom. The summed E-state index contributed by atoms with van der Waals surface area (Å²) < 4.78 is 2.08. The smallest absolute Gasteiger partial charge is 0.154 e. The van der Waals surface area contributed by atoms with Gasteiger partial charge in [-0.25, -0.2) is 9.67 Å². The number of fused-ring (bicyclic) bond motifs is 1. The van der Waals surface area contributed by atoms with Crippen molar-refractivity contribution in [1.29, 1.82) is 0 Å². The molecule has 0 radical (unpaired) electrons. The Labute approximate surface area is 83.5 Å². The average Bonchev–Trinajstić information content (AvgIpc) is 2.97. The first kappa shape index (κ1) is 8.41. The van der Waals surface area contributed by atoms with Crippen molar-refractivity contribution in [2.75, 3.05) is 6.54 Å². The summed E-state index contributed by atoms with van der Waals surface area (Å²) in [5, 5.41) is 4.56. The van der Waals surface area contributed by atoms with Crippen LogP contribution >= 0.6 is 0 Å². The van der Waals surface area contributed by atoms with Crippen molar-refractivity contribution in [2.45, 2.75) is 44.1 Å². The molecule has 1 aromatic rings. The van der Waals surface area contributed by atoms with E-state index in [1.807, 2.05) is 0 Å². The molecule has 1 unspecified atom stereocenters. The molecule has 0 amide bonds. The fourth-order valence-corrected chi connectivity index (χ4v) is 2.19. The first-order chi connectivity index (χ1) is 6.88. The van der Waals surface area contributed by atoms with Crippen molar-refractivity contribution in [3.05, 3.63) is 11.6 Å². The lowest BCUT2D eigenvalue weighted by Gasteiger charge is -2.19. The summed E-state index contributed by atoms with van der Waals surface area (Å²) in [6.45, 7) is 1.74. The van der Waals surface area contributed by atoms with Gasteiger partial charge in [0, 0.05) is 24.9 Å². The number of nitrogens with zero attached hydrogens (tertiary/aromatic N) is 3. The van der Waals surface area contributed by atoms with Gasteiger partial charge in [-0.1, -0.05) is 0 Å². The van der Waals surface area contributed by atoms with Crippen molar-refractivity contribution in [3.63, 3.8) is 0 Å². The molecule has 4 nitrogen and oxygen atoms in total. The van der Waals surface area contributed by atoms with Crippen molar-refractivity contribution < 1.29 is 0 Å². The lowest BCUT2D eigenvalue weighted by Crippen LogP contribution is -2.22. The van der Waals surface area contributed by atoms with E-state index >= 15 is 0 Å². The van der Waals surface area contributed by atoms with Gasteiger partial charge in [0.1, 0.15) is 5.82 Å². The number of aromatic nitrogens is 3. The fourth-order valence-electron chi connectivity index (χ4n) is 2.19. The van der Waals surface area contributed by atoms with Gasteiger partial charge >= 0.3 is 0 Å². The van der Waals surface area contributed by atoms with E-state index in [1.165, 1.54) is 25.7 Å². The minimum absolute atomic E-state index is 0.448. The molecule has 1 fully saturated rings. The predicted octanol–water partition coefficient (Wildman–Crippen LogP) is 0.992. The van der Waals surface area contributed by atoms with E-state index in [0.29, 0.717) is 18.4 Å². The zero-order valence-corrected chi connectivity index (χ0v) is 8.32. The van der Waals surface area contributed by atoms with Crippen LogP contribution in [0.15, 0.2) is 0 Å². The third-order valence-electron chi connectivity index (χ3n) is 3.23. The van der Waals surface area contributed by atoms with Crippen molar-refractivity contribution >= 4 is 0 Å². The predicted molar refractivity (Wildman–Crippen MR) is 53.0 cm³/mol. The van der Waals surface area contributed by atoms with Crippen LogP contribution in [0.1, 0.15) is 49.2 Å². The summed E-state index contributed by atoms with van der Waals surface area (Å²) >= 11 is 0. The summed E-state index contributed by atoms with van der Waals surface area (Å²) in [7, 11) is 0. The van der Waals surface area contributed by atoms with Crippen LogP contribution in [0, 0.1) is 0 Å². The molecular formula is C10H16N4. The van der Waals surface area contributed by atoms with Crippen molar-refractivity contribution in [2.24, 2.45) is 5.73 Å². The van der Waals surface area contributed by atoms with Gasteiger partial charge in [0.2, 0.25) is 0 Å². The third-order valence-corrected chi connectivity index (χ3v) is 3.23. The molecule has 76 valence electrons. The van der Waals surface area contributed by atoms with Gasteiger partial charge in [0.15, 0.2) is 5.82 Å². The first-order valence-electron chi connectivity index (χ1n) is 5.53. The normalized spacial score (nSPS) is 26.2. The van der Waals surface area contributed by atoms with Gasteiger partial charge in [0.25, 0.3) is 0 Å². The Hall–Kier alpha value is -0.900. The van der Waals surface area contributed by atoms with Crippen LogP contribution in [0.4, 0.5) is 0 Å². The van der Waals surface area contributed by atoms with Crippen LogP contribution in [0.2, 0.25) is 0 Å². The van der Waals surface area contributed by atoms with Crippen LogP contribution < -0.4 is 5.73 Å². The zero-order valence-electron chi connectivity index (χ0n) is 8.32. The molecule has 0 aromatic carbocycles. The molecule has 1 aromatic heterocycles. The quantitative estimate of drug-likeness (QED) is 0.760. The van der Waals surface area contributed by atoms with Crippen LogP contribution in [0.25, 0.3) is 0 Å². The third kappa shape index (κ3) is 1.25. The Balaban J connectivity index is 1.95. The maximum atomic E-state index is 5.74. The van der Waals surface area contributed by atoms with Crippen LogP contribution in [0.3, 0.4) is 0 Å². The molecule has 2 N–H and O–H groups in total. The lowest BCUT2D eigenvalue weighted by atomic mass is 10.00. The van der Waals surface area contributed by atoms with E-state index in [2.05, 4.69) is 14.8 Å². The molecule has 0 bridgehead atoms. The maximum Gasteiger partial charge on any atom is 0.154 e. The van der Waals surface area contributed by atoms with E-state index < -0.39 is 0 Å². The second-order valence-electron chi connectivity index (χ2n) is 4.40. The van der Waals surface area contributed by atoms with Crippen molar-refractivity contribution in [3.8, 4) is 0 Å². The fraction of sp³-hybridized carbons (Fsp3) is 0.800. The van der Waals surface area contributed by atoms with E-state index in [4.69, 9.17) is 5.73 Å².